The van der Waals surface area contributed by atoms with Crippen LogP contribution in [-0.4, -0.2) is 21.0 Å². The molecule has 0 saturated carbocycles. The standard InChI is InChI=1S/C12H6F2N2O4S/c13-6-1-2-9(14)10(3-6)21-11-8(12(17)18)4-7(5-15-11)16(19)20/h1-5H,(H,17,18). The fourth-order valence-corrected chi connectivity index (χ4v) is 2.34. The number of aromatic carboxylic acids is 1. The molecule has 21 heavy (non-hydrogen) atoms. The van der Waals surface area contributed by atoms with E-state index in [0.717, 1.165) is 30.5 Å². The molecular weight excluding hydrogens is 306 g/mol. The fraction of sp³-hybridized carbons (Fsp3) is 0. The molecule has 0 spiro atoms. The van der Waals surface area contributed by atoms with Crippen LogP contribution in [0.15, 0.2) is 40.4 Å². The van der Waals surface area contributed by atoms with E-state index in [4.69, 9.17) is 5.11 Å². The van der Waals surface area contributed by atoms with Gasteiger partial charge in [0.2, 0.25) is 0 Å². The lowest BCUT2D eigenvalue weighted by Gasteiger charge is -2.05. The lowest BCUT2D eigenvalue weighted by molar-refractivity contribution is -0.385. The van der Waals surface area contributed by atoms with Gasteiger partial charge < -0.3 is 5.11 Å². The lowest BCUT2D eigenvalue weighted by atomic mass is 10.3. The van der Waals surface area contributed by atoms with Crippen LogP contribution in [0.1, 0.15) is 10.4 Å². The minimum atomic E-state index is -1.45. The van der Waals surface area contributed by atoms with Crippen molar-refractivity contribution in [2.45, 2.75) is 9.92 Å². The number of aromatic nitrogens is 1. The molecule has 1 heterocycles. The molecule has 0 fully saturated rings. The van der Waals surface area contributed by atoms with E-state index in [2.05, 4.69) is 4.98 Å². The highest BCUT2D eigenvalue weighted by molar-refractivity contribution is 7.99. The number of rotatable bonds is 4. The maximum Gasteiger partial charge on any atom is 0.338 e. The van der Waals surface area contributed by atoms with Crippen molar-refractivity contribution in [2.75, 3.05) is 0 Å². The van der Waals surface area contributed by atoms with Crippen LogP contribution in [0.25, 0.3) is 0 Å². The van der Waals surface area contributed by atoms with Gasteiger partial charge in [0.25, 0.3) is 5.69 Å². The SMILES string of the molecule is O=C(O)c1cc([N+](=O)[O-])cnc1Sc1cc(F)ccc1F. The molecule has 1 aromatic heterocycles. The summed E-state index contributed by atoms with van der Waals surface area (Å²) in [7, 11) is 0. The van der Waals surface area contributed by atoms with E-state index in [0.29, 0.717) is 11.8 Å². The molecule has 0 radical (unpaired) electrons. The number of nitro groups is 1. The molecule has 0 aliphatic rings. The summed E-state index contributed by atoms with van der Waals surface area (Å²) in [6.07, 6.45) is 0.853. The van der Waals surface area contributed by atoms with Gasteiger partial charge in [0.1, 0.15) is 22.9 Å². The van der Waals surface area contributed by atoms with Gasteiger partial charge in [-0.25, -0.2) is 18.6 Å². The van der Waals surface area contributed by atoms with Gasteiger partial charge in [0.15, 0.2) is 0 Å². The summed E-state index contributed by atoms with van der Waals surface area (Å²) in [5.41, 5.74) is -0.964. The number of benzene rings is 1. The molecule has 2 aromatic rings. The molecule has 108 valence electrons. The number of carboxylic acid groups (broad SMARTS) is 1. The van der Waals surface area contributed by atoms with Crippen molar-refractivity contribution in [1.82, 2.24) is 4.98 Å². The van der Waals surface area contributed by atoms with Crippen LogP contribution in [0.2, 0.25) is 0 Å². The zero-order valence-electron chi connectivity index (χ0n) is 10.1. The first-order valence-corrected chi connectivity index (χ1v) is 6.21. The number of nitrogens with zero attached hydrogens (tertiary/aromatic N) is 2. The normalized spacial score (nSPS) is 10.4. The minimum absolute atomic E-state index is 0.168. The lowest BCUT2D eigenvalue weighted by Crippen LogP contribution is -2.03. The van der Waals surface area contributed by atoms with E-state index < -0.39 is 33.8 Å². The van der Waals surface area contributed by atoms with Gasteiger partial charge in [-0.3, -0.25) is 10.1 Å². The molecule has 0 bridgehead atoms. The van der Waals surface area contributed by atoms with E-state index in [1.165, 1.54) is 0 Å². The van der Waals surface area contributed by atoms with Crippen molar-refractivity contribution in [3.63, 3.8) is 0 Å². The average molecular weight is 312 g/mol. The number of pyridine rings is 1. The van der Waals surface area contributed by atoms with Crippen molar-refractivity contribution in [3.8, 4) is 0 Å². The first-order valence-electron chi connectivity index (χ1n) is 5.39. The number of hydrogen-bond acceptors (Lipinski definition) is 5. The molecular formula is C12H6F2N2O4S. The van der Waals surface area contributed by atoms with Gasteiger partial charge >= 0.3 is 5.97 Å². The maximum absolute atomic E-state index is 13.5. The zero-order chi connectivity index (χ0) is 15.6. The summed E-state index contributed by atoms with van der Waals surface area (Å²) in [5, 5.41) is 19.5. The van der Waals surface area contributed by atoms with Crippen molar-refractivity contribution < 1.29 is 23.6 Å². The smallest absolute Gasteiger partial charge is 0.338 e. The van der Waals surface area contributed by atoms with Crippen LogP contribution in [0.4, 0.5) is 14.5 Å². The number of hydrogen-bond donors (Lipinski definition) is 1. The van der Waals surface area contributed by atoms with Crippen molar-refractivity contribution in [3.05, 3.63) is 57.8 Å². The van der Waals surface area contributed by atoms with E-state index in [-0.39, 0.29) is 9.92 Å². The Labute approximate surface area is 120 Å². The molecule has 0 unspecified atom stereocenters. The second kappa shape index (κ2) is 5.83. The Morgan fingerprint density at radius 2 is 2.05 bits per heavy atom. The summed E-state index contributed by atoms with van der Waals surface area (Å²) >= 11 is 0.574. The molecule has 0 amide bonds. The summed E-state index contributed by atoms with van der Waals surface area (Å²) in [6.45, 7) is 0. The van der Waals surface area contributed by atoms with Crippen LogP contribution >= 0.6 is 11.8 Å². The topological polar surface area (TPSA) is 93.3 Å². The van der Waals surface area contributed by atoms with Gasteiger partial charge in [0.05, 0.1) is 15.4 Å². The maximum atomic E-state index is 13.5. The number of halogens is 2. The molecule has 9 heteroatoms. The van der Waals surface area contributed by atoms with Gasteiger partial charge in [0, 0.05) is 6.07 Å². The van der Waals surface area contributed by atoms with Crippen LogP contribution < -0.4 is 0 Å². The van der Waals surface area contributed by atoms with E-state index >= 15 is 0 Å². The highest BCUT2D eigenvalue weighted by atomic mass is 32.2. The number of carboxylic acids is 1. The van der Waals surface area contributed by atoms with Gasteiger partial charge in [-0.2, -0.15) is 0 Å². The average Bonchev–Trinajstić information content (AvgIpc) is 2.42. The summed E-state index contributed by atoms with van der Waals surface area (Å²) in [4.78, 5) is 24.4. The fourth-order valence-electron chi connectivity index (χ4n) is 1.44. The van der Waals surface area contributed by atoms with Crippen molar-refractivity contribution in [2.24, 2.45) is 0 Å². The van der Waals surface area contributed by atoms with Crippen molar-refractivity contribution >= 4 is 23.4 Å². The monoisotopic (exact) mass is 312 g/mol. The van der Waals surface area contributed by atoms with Crippen molar-refractivity contribution in [1.29, 1.82) is 0 Å². The molecule has 6 nitrogen and oxygen atoms in total. The number of carbonyl (C=O) groups is 1. The summed E-state index contributed by atoms with van der Waals surface area (Å²) < 4.78 is 26.6. The Kier molecular flexibility index (Phi) is 4.13. The molecule has 0 saturated heterocycles. The molecule has 1 N–H and O–H groups in total. The van der Waals surface area contributed by atoms with Crippen LogP contribution in [0.5, 0.6) is 0 Å². The molecule has 2 rings (SSSR count). The first-order chi connectivity index (χ1) is 9.88. The molecule has 0 aliphatic carbocycles. The van der Waals surface area contributed by atoms with E-state index in [1.54, 1.807) is 0 Å². The van der Waals surface area contributed by atoms with Gasteiger partial charge in [-0.1, -0.05) is 11.8 Å². The Bertz CT molecular complexity index is 739. The summed E-state index contributed by atoms with van der Waals surface area (Å²) in [6, 6.07) is 3.51. The Balaban J connectivity index is 2.46. The van der Waals surface area contributed by atoms with E-state index in [1.807, 2.05) is 0 Å². The zero-order valence-corrected chi connectivity index (χ0v) is 10.9. The molecule has 1 aromatic carbocycles. The quantitative estimate of drug-likeness (QED) is 0.688. The third-order valence-electron chi connectivity index (χ3n) is 2.38. The van der Waals surface area contributed by atoms with Gasteiger partial charge in [-0.05, 0) is 18.2 Å². The van der Waals surface area contributed by atoms with Crippen LogP contribution in [-0.2, 0) is 0 Å². The Morgan fingerprint density at radius 3 is 2.67 bits per heavy atom. The predicted octanol–water partition coefficient (Wildman–Crippen LogP) is 3.12. The van der Waals surface area contributed by atoms with Gasteiger partial charge in [-0.15, -0.1) is 0 Å². The second-order valence-electron chi connectivity index (χ2n) is 3.79. The Hall–Kier alpha value is -2.55. The van der Waals surface area contributed by atoms with Crippen LogP contribution in [0.3, 0.4) is 0 Å². The highest BCUT2D eigenvalue weighted by Crippen LogP contribution is 2.32. The molecule has 0 aliphatic heterocycles. The van der Waals surface area contributed by atoms with Crippen LogP contribution in [0, 0.1) is 21.7 Å². The largest absolute Gasteiger partial charge is 0.478 e. The molecule has 0 atom stereocenters. The first kappa shape index (κ1) is 14.9. The highest BCUT2D eigenvalue weighted by Gasteiger charge is 2.19. The van der Waals surface area contributed by atoms with E-state index in [9.17, 15) is 23.7 Å². The third kappa shape index (κ3) is 3.31. The third-order valence-corrected chi connectivity index (χ3v) is 3.43. The Morgan fingerprint density at radius 1 is 1.33 bits per heavy atom. The second-order valence-corrected chi connectivity index (χ2v) is 4.82. The predicted molar refractivity (Wildman–Crippen MR) is 68.3 cm³/mol. The minimum Gasteiger partial charge on any atom is -0.478 e. The summed E-state index contributed by atoms with van der Waals surface area (Å²) in [5.74, 6) is -2.90.